The molecule has 0 amide bonds. The summed E-state index contributed by atoms with van der Waals surface area (Å²) in [6.07, 6.45) is 4.35. The third-order valence-electron chi connectivity index (χ3n) is 2.90. The first-order valence-corrected chi connectivity index (χ1v) is 6.12. The van der Waals surface area contributed by atoms with Crippen LogP contribution in [0.1, 0.15) is 18.4 Å². The lowest BCUT2D eigenvalue weighted by Gasteiger charge is -2.10. The van der Waals surface area contributed by atoms with Crippen molar-refractivity contribution in [3.8, 4) is 0 Å². The zero-order chi connectivity index (χ0) is 12.1. The van der Waals surface area contributed by atoms with E-state index in [1.54, 1.807) is 12.3 Å². The van der Waals surface area contributed by atoms with E-state index in [2.05, 4.69) is 10.4 Å². The van der Waals surface area contributed by atoms with E-state index in [0.717, 1.165) is 38.1 Å². The molecule has 1 unspecified atom stereocenters. The first-order chi connectivity index (χ1) is 8.25. The van der Waals surface area contributed by atoms with E-state index < -0.39 is 0 Å². The van der Waals surface area contributed by atoms with Crippen LogP contribution in [0.3, 0.4) is 0 Å². The standard InChI is InChI=1S/C12H19N3O2/c1-10-7-12(16)15(14-8-10)5-4-13-9-11-3-2-6-17-11/h7-8,11,13H,2-6,9H2,1H3. The predicted octanol–water partition coefficient (Wildman–Crippen LogP) is 0.320. The molecule has 0 bridgehead atoms. The van der Waals surface area contributed by atoms with Gasteiger partial charge in [-0.05, 0) is 25.3 Å². The molecule has 1 aromatic heterocycles. The number of aromatic nitrogens is 2. The molecule has 0 aliphatic carbocycles. The van der Waals surface area contributed by atoms with Crippen molar-refractivity contribution in [3.05, 3.63) is 28.2 Å². The van der Waals surface area contributed by atoms with Crippen LogP contribution in [0.25, 0.3) is 0 Å². The van der Waals surface area contributed by atoms with E-state index >= 15 is 0 Å². The van der Waals surface area contributed by atoms with E-state index in [9.17, 15) is 4.79 Å². The van der Waals surface area contributed by atoms with Crippen LogP contribution in [0.4, 0.5) is 0 Å². The Hall–Kier alpha value is -1.20. The Bertz CT molecular complexity index is 410. The van der Waals surface area contributed by atoms with Crippen LogP contribution in [-0.2, 0) is 11.3 Å². The molecule has 94 valence electrons. The van der Waals surface area contributed by atoms with Gasteiger partial charge in [-0.2, -0.15) is 5.10 Å². The summed E-state index contributed by atoms with van der Waals surface area (Å²) in [6, 6.07) is 1.60. The largest absolute Gasteiger partial charge is 0.377 e. The van der Waals surface area contributed by atoms with Crippen molar-refractivity contribution in [1.29, 1.82) is 0 Å². The zero-order valence-electron chi connectivity index (χ0n) is 10.2. The van der Waals surface area contributed by atoms with Gasteiger partial charge in [0.15, 0.2) is 0 Å². The molecule has 17 heavy (non-hydrogen) atoms. The monoisotopic (exact) mass is 237 g/mol. The summed E-state index contributed by atoms with van der Waals surface area (Å²) >= 11 is 0. The van der Waals surface area contributed by atoms with E-state index in [1.807, 2.05) is 6.92 Å². The average Bonchev–Trinajstić information content (AvgIpc) is 2.79. The quantitative estimate of drug-likeness (QED) is 0.749. The number of rotatable bonds is 5. The molecule has 1 aliphatic heterocycles. The second kappa shape index (κ2) is 5.93. The Kier molecular flexibility index (Phi) is 4.28. The molecule has 1 atom stereocenters. The number of ether oxygens (including phenoxy) is 1. The van der Waals surface area contributed by atoms with Crippen molar-refractivity contribution in [2.45, 2.75) is 32.4 Å². The molecule has 0 saturated carbocycles. The molecule has 5 heteroatoms. The van der Waals surface area contributed by atoms with Gasteiger partial charge in [-0.25, -0.2) is 4.68 Å². The number of hydrogen-bond acceptors (Lipinski definition) is 4. The average molecular weight is 237 g/mol. The highest BCUT2D eigenvalue weighted by Gasteiger charge is 2.14. The minimum Gasteiger partial charge on any atom is -0.377 e. The van der Waals surface area contributed by atoms with Gasteiger partial charge in [-0.3, -0.25) is 4.79 Å². The fraction of sp³-hybridized carbons (Fsp3) is 0.667. The Morgan fingerprint density at radius 3 is 3.24 bits per heavy atom. The normalized spacial score (nSPS) is 19.7. The van der Waals surface area contributed by atoms with Gasteiger partial charge >= 0.3 is 0 Å². The lowest BCUT2D eigenvalue weighted by molar-refractivity contribution is 0.110. The fourth-order valence-corrected chi connectivity index (χ4v) is 1.95. The predicted molar refractivity (Wildman–Crippen MR) is 65.1 cm³/mol. The van der Waals surface area contributed by atoms with E-state index in [1.165, 1.54) is 4.68 Å². The van der Waals surface area contributed by atoms with E-state index in [-0.39, 0.29) is 5.56 Å². The SMILES string of the molecule is Cc1cnn(CCNCC2CCCO2)c(=O)c1. The summed E-state index contributed by atoms with van der Waals surface area (Å²) in [4.78, 5) is 11.5. The highest BCUT2D eigenvalue weighted by Crippen LogP contribution is 2.10. The van der Waals surface area contributed by atoms with Gasteiger partial charge < -0.3 is 10.1 Å². The van der Waals surface area contributed by atoms with Gasteiger partial charge in [-0.15, -0.1) is 0 Å². The first kappa shape index (κ1) is 12.3. The van der Waals surface area contributed by atoms with Crippen molar-refractivity contribution in [3.63, 3.8) is 0 Å². The van der Waals surface area contributed by atoms with Crippen molar-refractivity contribution in [2.75, 3.05) is 19.7 Å². The lowest BCUT2D eigenvalue weighted by Crippen LogP contribution is -2.32. The number of nitrogens with zero attached hydrogens (tertiary/aromatic N) is 2. The molecule has 0 radical (unpaired) electrons. The summed E-state index contributed by atoms with van der Waals surface area (Å²) in [5.74, 6) is 0. The Morgan fingerprint density at radius 2 is 2.53 bits per heavy atom. The Labute approximate surface area is 101 Å². The van der Waals surface area contributed by atoms with E-state index in [0.29, 0.717) is 12.6 Å². The van der Waals surface area contributed by atoms with Crippen LogP contribution in [0.2, 0.25) is 0 Å². The van der Waals surface area contributed by atoms with Crippen molar-refractivity contribution in [2.24, 2.45) is 0 Å². The number of nitrogens with one attached hydrogen (secondary N) is 1. The zero-order valence-corrected chi connectivity index (χ0v) is 10.2. The Balaban J connectivity index is 1.72. The van der Waals surface area contributed by atoms with Crippen LogP contribution in [0, 0.1) is 6.92 Å². The van der Waals surface area contributed by atoms with Crippen LogP contribution in [-0.4, -0.2) is 35.6 Å². The van der Waals surface area contributed by atoms with Gasteiger partial charge in [0.1, 0.15) is 0 Å². The van der Waals surface area contributed by atoms with Crippen LogP contribution in [0.15, 0.2) is 17.1 Å². The molecule has 0 spiro atoms. The molecule has 2 heterocycles. The summed E-state index contributed by atoms with van der Waals surface area (Å²) in [7, 11) is 0. The smallest absolute Gasteiger partial charge is 0.267 e. The van der Waals surface area contributed by atoms with E-state index in [4.69, 9.17) is 4.74 Å². The number of aryl methyl sites for hydroxylation is 1. The van der Waals surface area contributed by atoms with Crippen LogP contribution in [0.5, 0.6) is 0 Å². The van der Waals surface area contributed by atoms with Gasteiger partial charge in [0, 0.05) is 25.8 Å². The molecule has 1 N–H and O–H groups in total. The first-order valence-electron chi connectivity index (χ1n) is 6.12. The molecule has 1 saturated heterocycles. The van der Waals surface area contributed by atoms with Crippen LogP contribution < -0.4 is 10.9 Å². The summed E-state index contributed by atoms with van der Waals surface area (Å²) in [5, 5.41) is 7.37. The molecule has 2 rings (SSSR count). The molecule has 0 aromatic carbocycles. The maximum absolute atomic E-state index is 11.5. The van der Waals surface area contributed by atoms with Gasteiger partial charge in [0.25, 0.3) is 5.56 Å². The fourth-order valence-electron chi connectivity index (χ4n) is 1.95. The number of hydrogen-bond donors (Lipinski definition) is 1. The third kappa shape index (κ3) is 3.64. The highest BCUT2D eigenvalue weighted by molar-refractivity contribution is 5.02. The third-order valence-corrected chi connectivity index (χ3v) is 2.90. The summed E-state index contributed by atoms with van der Waals surface area (Å²) in [6.45, 7) is 4.96. The summed E-state index contributed by atoms with van der Waals surface area (Å²) < 4.78 is 6.98. The second-order valence-corrected chi connectivity index (χ2v) is 4.43. The molecule has 1 aromatic rings. The Morgan fingerprint density at radius 1 is 1.65 bits per heavy atom. The van der Waals surface area contributed by atoms with Crippen LogP contribution >= 0.6 is 0 Å². The van der Waals surface area contributed by atoms with Crippen molar-refractivity contribution < 1.29 is 4.74 Å². The van der Waals surface area contributed by atoms with Gasteiger partial charge in [-0.1, -0.05) is 0 Å². The highest BCUT2D eigenvalue weighted by atomic mass is 16.5. The summed E-state index contributed by atoms with van der Waals surface area (Å²) in [5.41, 5.74) is 0.863. The second-order valence-electron chi connectivity index (χ2n) is 4.43. The molecule has 1 aliphatic rings. The van der Waals surface area contributed by atoms with Crippen molar-refractivity contribution in [1.82, 2.24) is 15.1 Å². The molecular weight excluding hydrogens is 218 g/mol. The molecular formula is C12H19N3O2. The van der Waals surface area contributed by atoms with Gasteiger partial charge in [0.05, 0.1) is 18.8 Å². The minimum atomic E-state index is -0.0380. The van der Waals surface area contributed by atoms with Crippen molar-refractivity contribution >= 4 is 0 Å². The maximum atomic E-state index is 11.5. The minimum absolute atomic E-state index is 0.0380. The molecule has 5 nitrogen and oxygen atoms in total. The topological polar surface area (TPSA) is 56.1 Å². The van der Waals surface area contributed by atoms with Gasteiger partial charge in [0.2, 0.25) is 0 Å². The lowest BCUT2D eigenvalue weighted by atomic mass is 10.2. The molecule has 1 fully saturated rings. The maximum Gasteiger partial charge on any atom is 0.267 e.